The molecule has 150 valence electrons. The number of hydrogen-bond acceptors (Lipinski definition) is 5. The number of imide groups is 1. The van der Waals surface area contributed by atoms with E-state index in [-0.39, 0.29) is 13.0 Å². The Morgan fingerprint density at radius 1 is 1.28 bits per heavy atom. The highest BCUT2D eigenvalue weighted by Gasteiger charge is 2.51. The lowest BCUT2D eigenvalue weighted by atomic mass is 9.99. The Morgan fingerprint density at radius 2 is 1.97 bits per heavy atom. The van der Waals surface area contributed by atoms with Gasteiger partial charge in [-0.25, -0.2) is 4.79 Å². The molecule has 1 atom stereocenters. The summed E-state index contributed by atoms with van der Waals surface area (Å²) in [5, 5.41) is 11.6. The molecule has 0 radical (unpaired) electrons. The van der Waals surface area contributed by atoms with Gasteiger partial charge in [0.15, 0.2) is 5.54 Å². The fourth-order valence-corrected chi connectivity index (χ4v) is 3.46. The van der Waals surface area contributed by atoms with E-state index >= 15 is 0 Å². The van der Waals surface area contributed by atoms with Crippen LogP contribution in [0.15, 0.2) is 41.0 Å². The van der Waals surface area contributed by atoms with Crippen molar-refractivity contribution in [2.24, 2.45) is 0 Å². The van der Waals surface area contributed by atoms with Gasteiger partial charge in [0, 0.05) is 12.2 Å². The van der Waals surface area contributed by atoms with Crippen LogP contribution < -0.4 is 10.2 Å². The summed E-state index contributed by atoms with van der Waals surface area (Å²) >= 11 is 0. The molecular weight excluding hydrogens is 372 g/mol. The van der Waals surface area contributed by atoms with Gasteiger partial charge in [-0.05, 0) is 56.2 Å². The molecule has 1 aliphatic rings. The van der Waals surface area contributed by atoms with Gasteiger partial charge in [0.25, 0.3) is 5.91 Å². The number of nitriles is 1. The average Bonchev–Trinajstić information content (AvgIpc) is 3.26. The maximum Gasteiger partial charge on any atom is 0.325 e. The molecule has 2 aromatic rings. The Morgan fingerprint density at radius 3 is 2.55 bits per heavy atom. The number of carbonyl (C=O) groups is 3. The predicted molar refractivity (Wildman–Crippen MR) is 105 cm³/mol. The van der Waals surface area contributed by atoms with Crippen molar-refractivity contribution in [1.82, 2.24) is 10.2 Å². The van der Waals surface area contributed by atoms with Crippen LogP contribution in [0.25, 0.3) is 0 Å². The third-order valence-electron chi connectivity index (χ3n) is 4.85. The van der Waals surface area contributed by atoms with Gasteiger partial charge in [-0.3, -0.25) is 14.5 Å². The maximum atomic E-state index is 13.0. The fourth-order valence-electron chi connectivity index (χ4n) is 3.46. The molecule has 0 spiro atoms. The molecule has 0 bridgehead atoms. The van der Waals surface area contributed by atoms with E-state index < -0.39 is 29.9 Å². The second-order valence-corrected chi connectivity index (χ2v) is 7.22. The van der Waals surface area contributed by atoms with Crippen LogP contribution in [0, 0.1) is 25.2 Å². The summed E-state index contributed by atoms with van der Waals surface area (Å²) in [5.41, 5.74) is 1.20. The van der Waals surface area contributed by atoms with E-state index in [1.54, 1.807) is 12.1 Å². The Hall–Kier alpha value is -3.60. The zero-order chi connectivity index (χ0) is 21.2. The minimum absolute atomic E-state index is 0.128. The third-order valence-corrected chi connectivity index (χ3v) is 4.85. The Bertz CT molecular complexity index is 972. The molecule has 3 rings (SSSR count). The topological polar surface area (TPSA) is 107 Å². The SMILES string of the molecule is Cc1cc(C)cc(N(CCC#N)C(=O)CN2C(=O)NC(C)(c3ccco3)C2=O)c1. The van der Waals surface area contributed by atoms with Gasteiger partial charge in [0.1, 0.15) is 12.3 Å². The van der Waals surface area contributed by atoms with E-state index in [2.05, 4.69) is 5.32 Å². The highest BCUT2D eigenvalue weighted by molar-refractivity contribution is 6.10. The number of amides is 4. The molecule has 0 saturated carbocycles. The quantitative estimate of drug-likeness (QED) is 0.758. The van der Waals surface area contributed by atoms with Crippen LogP contribution in [0.4, 0.5) is 10.5 Å². The van der Waals surface area contributed by atoms with Crippen LogP contribution >= 0.6 is 0 Å². The molecule has 29 heavy (non-hydrogen) atoms. The van der Waals surface area contributed by atoms with Crippen molar-refractivity contribution in [3.05, 3.63) is 53.5 Å². The van der Waals surface area contributed by atoms with E-state index in [4.69, 9.17) is 9.68 Å². The monoisotopic (exact) mass is 394 g/mol. The van der Waals surface area contributed by atoms with Crippen LogP contribution in [-0.2, 0) is 15.1 Å². The summed E-state index contributed by atoms with van der Waals surface area (Å²) in [6, 6.07) is 10.2. The molecule has 0 aliphatic carbocycles. The summed E-state index contributed by atoms with van der Waals surface area (Å²) in [4.78, 5) is 40.7. The van der Waals surface area contributed by atoms with Crippen LogP contribution in [0.2, 0.25) is 0 Å². The molecule has 1 fully saturated rings. The number of furan rings is 1. The number of carbonyl (C=O) groups excluding carboxylic acids is 3. The van der Waals surface area contributed by atoms with Gasteiger partial charge < -0.3 is 14.6 Å². The van der Waals surface area contributed by atoms with Crippen molar-refractivity contribution >= 4 is 23.5 Å². The Kier molecular flexibility index (Phi) is 5.41. The van der Waals surface area contributed by atoms with Crippen molar-refractivity contribution < 1.29 is 18.8 Å². The van der Waals surface area contributed by atoms with Gasteiger partial charge in [0.05, 0.1) is 18.8 Å². The van der Waals surface area contributed by atoms with Crippen molar-refractivity contribution in [3.8, 4) is 6.07 Å². The first-order valence-electron chi connectivity index (χ1n) is 9.20. The first kappa shape index (κ1) is 20.1. The summed E-state index contributed by atoms with van der Waals surface area (Å²) in [6.07, 6.45) is 1.54. The summed E-state index contributed by atoms with van der Waals surface area (Å²) in [5.74, 6) is -0.717. The molecule has 8 heteroatoms. The molecule has 4 amide bonds. The minimum atomic E-state index is -1.36. The number of urea groups is 1. The molecule has 1 N–H and O–H groups in total. The Labute approximate surface area is 168 Å². The summed E-state index contributed by atoms with van der Waals surface area (Å²) in [7, 11) is 0. The van der Waals surface area contributed by atoms with Gasteiger partial charge in [0.2, 0.25) is 5.91 Å². The molecule has 8 nitrogen and oxygen atoms in total. The lowest BCUT2D eigenvalue weighted by Gasteiger charge is -2.25. The van der Waals surface area contributed by atoms with Crippen molar-refractivity contribution in [2.45, 2.75) is 32.7 Å². The molecule has 1 aromatic carbocycles. The largest absolute Gasteiger partial charge is 0.466 e. The number of aryl methyl sites for hydroxylation is 2. The highest BCUT2D eigenvalue weighted by Crippen LogP contribution is 2.29. The molecule has 1 saturated heterocycles. The standard InChI is InChI=1S/C21H22N4O4/c1-14-10-15(2)12-16(11-14)24(8-5-7-22)18(26)13-25-19(27)21(3,23-20(25)28)17-6-4-9-29-17/h4,6,9-12H,5,8,13H2,1-3H3,(H,23,28). The minimum Gasteiger partial charge on any atom is -0.466 e. The molecule has 1 unspecified atom stereocenters. The van der Waals surface area contributed by atoms with E-state index in [9.17, 15) is 14.4 Å². The normalized spacial score (nSPS) is 18.5. The van der Waals surface area contributed by atoms with E-state index in [1.165, 1.54) is 18.1 Å². The van der Waals surface area contributed by atoms with E-state index in [0.717, 1.165) is 16.0 Å². The summed E-state index contributed by atoms with van der Waals surface area (Å²) < 4.78 is 5.30. The number of nitrogens with one attached hydrogen (secondary N) is 1. The lowest BCUT2D eigenvalue weighted by molar-refractivity contribution is -0.134. The fraction of sp³-hybridized carbons (Fsp3) is 0.333. The number of benzene rings is 1. The maximum absolute atomic E-state index is 13.0. The number of hydrogen-bond donors (Lipinski definition) is 1. The second kappa shape index (κ2) is 7.80. The lowest BCUT2D eigenvalue weighted by Crippen LogP contribution is -2.45. The van der Waals surface area contributed by atoms with Crippen molar-refractivity contribution in [3.63, 3.8) is 0 Å². The first-order valence-corrected chi connectivity index (χ1v) is 9.20. The molecule has 2 heterocycles. The molecule has 1 aliphatic heterocycles. The van der Waals surface area contributed by atoms with Crippen LogP contribution in [-0.4, -0.2) is 35.8 Å². The number of rotatable bonds is 6. The van der Waals surface area contributed by atoms with Gasteiger partial charge in [-0.15, -0.1) is 0 Å². The number of anilines is 1. The summed E-state index contributed by atoms with van der Waals surface area (Å²) in [6.45, 7) is 5.09. The van der Waals surface area contributed by atoms with Gasteiger partial charge in [-0.2, -0.15) is 5.26 Å². The predicted octanol–water partition coefficient (Wildman–Crippen LogP) is 2.61. The molecular formula is C21H22N4O4. The van der Waals surface area contributed by atoms with Crippen molar-refractivity contribution in [1.29, 1.82) is 5.26 Å². The van der Waals surface area contributed by atoms with E-state index in [0.29, 0.717) is 11.4 Å². The smallest absolute Gasteiger partial charge is 0.325 e. The third kappa shape index (κ3) is 3.85. The van der Waals surface area contributed by atoms with Gasteiger partial charge >= 0.3 is 6.03 Å². The van der Waals surface area contributed by atoms with Crippen LogP contribution in [0.3, 0.4) is 0 Å². The van der Waals surface area contributed by atoms with Gasteiger partial charge in [-0.1, -0.05) is 6.07 Å². The van der Waals surface area contributed by atoms with Crippen LogP contribution in [0.1, 0.15) is 30.2 Å². The zero-order valence-electron chi connectivity index (χ0n) is 16.6. The Balaban J connectivity index is 1.85. The number of nitrogens with zero attached hydrogens (tertiary/aromatic N) is 3. The second-order valence-electron chi connectivity index (χ2n) is 7.22. The zero-order valence-corrected chi connectivity index (χ0v) is 16.6. The average molecular weight is 394 g/mol. The highest BCUT2D eigenvalue weighted by atomic mass is 16.3. The molecule has 1 aromatic heterocycles. The first-order chi connectivity index (χ1) is 13.8. The van der Waals surface area contributed by atoms with E-state index in [1.807, 2.05) is 38.1 Å². The van der Waals surface area contributed by atoms with Crippen molar-refractivity contribution in [2.75, 3.05) is 18.0 Å². The van der Waals surface area contributed by atoms with Crippen LogP contribution in [0.5, 0.6) is 0 Å².